The van der Waals surface area contributed by atoms with E-state index in [1.807, 2.05) is 36.5 Å². The van der Waals surface area contributed by atoms with Crippen molar-refractivity contribution in [3.8, 4) is 11.4 Å². The minimum atomic E-state index is 0.476. The number of aromatic nitrogens is 6. The van der Waals surface area contributed by atoms with Gasteiger partial charge in [-0.2, -0.15) is 4.98 Å². The monoisotopic (exact) mass is 444 g/mol. The molecule has 0 N–H and O–H groups in total. The SMILES string of the molecule is Clc1ccc(-c2noc(CSc3nnc4c5ccncc5c5ccccc5n34)n2)cc1. The van der Waals surface area contributed by atoms with E-state index in [2.05, 4.69) is 41.9 Å². The first-order valence-electron chi connectivity index (χ1n) is 9.49. The number of hydrogen-bond acceptors (Lipinski definition) is 7. The standard InChI is InChI=1S/C22H13ClN6OS/c23-14-7-5-13(6-8-14)20-25-19(30-28-20)12-31-22-27-26-21-16-9-10-24-11-17(16)15-3-1-2-4-18(15)29(21)22/h1-11H,12H2. The quantitative estimate of drug-likeness (QED) is 0.265. The van der Waals surface area contributed by atoms with Crippen molar-refractivity contribution in [1.82, 2.24) is 29.7 Å². The van der Waals surface area contributed by atoms with E-state index < -0.39 is 0 Å². The van der Waals surface area contributed by atoms with Gasteiger partial charge in [0.2, 0.25) is 11.7 Å². The van der Waals surface area contributed by atoms with Gasteiger partial charge >= 0.3 is 0 Å². The van der Waals surface area contributed by atoms with E-state index in [1.165, 1.54) is 11.8 Å². The number of pyridine rings is 2. The first kappa shape index (κ1) is 18.3. The Labute approximate surface area is 185 Å². The summed E-state index contributed by atoms with van der Waals surface area (Å²) in [5.41, 5.74) is 2.67. The van der Waals surface area contributed by atoms with Crippen LogP contribution in [0.5, 0.6) is 0 Å². The van der Waals surface area contributed by atoms with E-state index in [4.69, 9.17) is 16.1 Å². The summed E-state index contributed by atoms with van der Waals surface area (Å²) < 4.78 is 7.51. The van der Waals surface area contributed by atoms with Gasteiger partial charge < -0.3 is 4.52 Å². The average molecular weight is 445 g/mol. The maximum absolute atomic E-state index is 5.95. The largest absolute Gasteiger partial charge is 0.338 e. The number of benzene rings is 2. The molecular formula is C22H13ClN6OS. The van der Waals surface area contributed by atoms with Crippen LogP contribution in [-0.2, 0) is 5.75 Å². The molecule has 4 aromatic heterocycles. The van der Waals surface area contributed by atoms with E-state index >= 15 is 0 Å². The van der Waals surface area contributed by atoms with Crippen LogP contribution in [-0.4, -0.2) is 29.7 Å². The average Bonchev–Trinajstić information content (AvgIpc) is 3.46. The maximum atomic E-state index is 5.95. The summed E-state index contributed by atoms with van der Waals surface area (Å²) in [5.74, 6) is 1.52. The van der Waals surface area contributed by atoms with Gasteiger partial charge in [-0.3, -0.25) is 9.38 Å². The van der Waals surface area contributed by atoms with Gasteiger partial charge in [-0.1, -0.05) is 46.7 Å². The van der Waals surface area contributed by atoms with Crippen molar-refractivity contribution in [2.24, 2.45) is 0 Å². The smallest absolute Gasteiger partial charge is 0.237 e. The topological polar surface area (TPSA) is 82.0 Å². The molecule has 0 radical (unpaired) electrons. The second-order valence-electron chi connectivity index (χ2n) is 6.89. The number of fused-ring (bicyclic) bond motifs is 6. The lowest BCUT2D eigenvalue weighted by Gasteiger charge is -2.08. The molecule has 7 nitrogen and oxygen atoms in total. The Kier molecular flexibility index (Phi) is 4.33. The molecule has 0 bridgehead atoms. The van der Waals surface area contributed by atoms with Gasteiger partial charge in [-0.05, 0) is 36.4 Å². The number of thioether (sulfide) groups is 1. The molecule has 9 heteroatoms. The zero-order valence-electron chi connectivity index (χ0n) is 15.9. The zero-order chi connectivity index (χ0) is 20.8. The van der Waals surface area contributed by atoms with Crippen molar-refractivity contribution >= 4 is 50.7 Å². The van der Waals surface area contributed by atoms with Gasteiger partial charge in [0.15, 0.2) is 10.8 Å². The van der Waals surface area contributed by atoms with Crippen LogP contribution in [0.4, 0.5) is 0 Å². The number of hydrogen-bond donors (Lipinski definition) is 0. The first-order chi connectivity index (χ1) is 15.3. The number of nitrogens with zero attached hydrogens (tertiary/aromatic N) is 6. The number of halogens is 1. The fourth-order valence-corrected chi connectivity index (χ4v) is 4.52. The number of para-hydroxylation sites is 1. The first-order valence-corrected chi connectivity index (χ1v) is 10.9. The van der Waals surface area contributed by atoms with Gasteiger partial charge in [0.05, 0.1) is 11.3 Å². The molecule has 150 valence electrons. The molecule has 0 fully saturated rings. The molecule has 0 aliphatic rings. The van der Waals surface area contributed by atoms with E-state index in [1.54, 1.807) is 18.3 Å². The number of rotatable bonds is 4. The minimum absolute atomic E-state index is 0.476. The third kappa shape index (κ3) is 3.11. The van der Waals surface area contributed by atoms with Crippen molar-refractivity contribution in [2.75, 3.05) is 0 Å². The summed E-state index contributed by atoms with van der Waals surface area (Å²) >= 11 is 7.45. The lowest BCUT2D eigenvalue weighted by atomic mass is 10.1. The molecule has 0 atom stereocenters. The molecule has 0 spiro atoms. The molecule has 0 saturated heterocycles. The third-order valence-corrected chi connectivity index (χ3v) is 6.19. The van der Waals surface area contributed by atoms with Crippen LogP contribution in [0.15, 0.2) is 76.7 Å². The minimum Gasteiger partial charge on any atom is -0.338 e. The molecule has 6 aromatic rings. The second-order valence-corrected chi connectivity index (χ2v) is 8.27. The molecular weight excluding hydrogens is 432 g/mol. The molecule has 2 aromatic carbocycles. The van der Waals surface area contributed by atoms with Crippen molar-refractivity contribution < 1.29 is 4.52 Å². The van der Waals surface area contributed by atoms with Crippen LogP contribution in [0.3, 0.4) is 0 Å². The fourth-order valence-electron chi connectivity index (χ4n) is 3.61. The predicted molar refractivity (Wildman–Crippen MR) is 120 cm³/mol. The highest BCUT2D eigenvalue weighted by Gasteiger charge is 2.16. The summed E-state index contributed by atoms with van der Waals surface area (Å²) in [6, 6.07) is 17.5. The van der Waals surface area contributed by atoms with Crippen molar-refractivity contribution in [3.63, 3.8) is 0 Å². The summed E-state index contributed by atoms with van der Waals surface area (Å²) in [4.78, 5) is 8.78. The van der Waals surface area contributed by atoms with Crippen LogP contribution in [0, 0.1) is 0 Å². The highest BCUT2D eigenvalue weighted by Crippen LogP contribution is 2.32. The summed E-state index contributed by atoms with van der Waals surface area (Å²) in [5, 5.41) is 17.6. The molecule has 4 heterocycles. The fraction of sp³-hybridized carbons (Fsp3) is 0.0455. The van der Waals surface area contributed by atoms with E-state index in [0.29, 0.717) is 22.5 Å². The van der Waals surface area contributed by atoms with E-state index in [0.717, 1.165) is 38.0 Å². The van der Waals surface area contributed by atoms with Crippen LogP contribution in [0.1, 0.15) is 5.89 Å². The molecule has 0 amide bonds. The van der Waals surface area contributed by atoms with Gasteiger partial charge in [0, 0.05) is 39.1 Å². The van der Waals surface area contributed by atoms with E-state index in [-0.39, 0.29) is 0 Å². The summed E-state index contributed by atoms with van der Waals surface area (Å²) in [6.45, 7) is 0. The second kappa shape index (κ2) is 7.33. The van der Waals surface area contributed by atoms with Crippen molar-refractivity contribution in [2.45, 2.75) is 10.9 Å². The predicted octanol–water partition coefficient (Wildman–Crippen LogP) is 5.43. The highest BCUT2D eigenvalue weighted by atomic mass is 35.5. The molecule has 0 aliphatic carbocycles. The highest BCUT2D eigenvalue weighted by molar-refractivity contribution is 7.98. The van der Waals surface area contributed by atoms with Crippen molar-refractivity contribution in [1.29, 1.82) is 0 Å². The van der Waals surface area contributed by atoms with Gasteiger partial charge in [-0.15, -0.1) is 10.2 Å². The molecule has 31 heavy (non-hydrogen) atoms. The Balaban J connectivity index is 1.38. The third-order valence-electron chi connectivity index (χ3n) is 5.03. The van der Waals surface area contributed by atoms with Crippen LogP contribution in [0.25, 0.3) is 38.7 Å². The molecule has 0 saturated carbocycles. The Bertz CT molecular complexity index is 1560. The van der Waals surface area contributed by atoms with E-state index in [9.17, 15) is 0 Å². The van der Waals surface area contributed by atoms with Crippen molar-refractivity contribution in [3.05, 3.63) is 77.9 Å². The summed E-state index contributed by atoms with van der Waals surface area (Å²) in [6.07, 6.45) is 3.64. The Hall–Kier alpha value is -3.49. The Morgan fingerprint density at radius 1 is 0.935 bits per heavy atom. The summed E-state index contributed by atoms with van der Waals surface area (Å²) in [7, 11) is 0. The van der Waals surface area contributed by atoms with Gasteiger partial charge in [0.25, 0.3) is 0 Å². The molecule has 0 aliphatic heterocycles. The van der Waals surface area contributed by atoms with Gasteiger partial charge in [-0.25, -0.2) is 0 Å². The van der Waals surface area contributed by atoms with Crippen LogP contribution < -0.4 is 0 Å². The zero-order valence-corrected chi connectivity index (χ0v) is 17.5. The maximum Gasteiger partial charge on any atom is 0.237 e. The molecule has 6 rings (SSSR count). The normalized spacial score (nSPS) is 11.6. The van der Waals surface area contributed by atoms with Crippen LogP contribution >= 0.6 is 23.4 Å². The van der Waals surface area contributed by atoms with Crippen LogP contribution in [0.2, 0.25) is 5.02 Å². The Morgan fingerprint density at radius 2 is 1.81 bits per heavy atom. The van der Waals surface area contributed by atoms with Gasteiger partial charge in [0.1, 0.15) is 0 Å². The molecule has 0 unspecified atom stereocenters. The Morgan fingerprint density at radius 3 is 2.71 bits per heavy atom. The lowest BCUT2D eigenvalue weighted by molar-refractivity contribution is 0.391. The lowest BCUT2D eigenvalue weighted by Crippen LogP contribution is -1.94.